The van der Waals surface area contributed by atoms with Crippen molar-refractivity contribution >= 4 is 40.2 Å². The lowest BCUT2D eigenvalue weighted by atomic mass is 10.1. The first-order valence-corrected chi connectivity index (χ1v) is 11.5. The quantitative estimate of drug-likeness (QED) is 0.361. The number of nitrogens with zero attached hydrogens (tertiary/aromatic N) is 3. The molecule has 0 spiro atoms. The number of rotatable bonds is 8. The number of anilines is 1. The summed E-state index contributed by atoms with van der Waals surface area (Å²) in [5.74, 6) is -2.06. The fourth-order valence-corrected chi connectivity index (χ4v) is 3.98. The van der Waals surface area contributed by atoms with E-state index in [1.807, 2.05) is 6.07 Å². The van der Waals surface area contributed by atoms with Crippen molar-refractivity contribution in [1.82, 2.24) is 20.4 Å². The highest BCUT2D eigenvalue weighted by molar-refractivity contribution is 6.04. The second-order valence-corrected chi connectivity index (χ2v) is 8.37. The predicted molar refractivity (Wildman–Crippen MR) is 129 cm³/mol. The van der Waals surface area contributed by atoms with E-state index in [0.29, 0.717) is 42.8 Å². The average Bonchev–Trinajstić information content (AvgIpc) is 3.31. The smallest absolute Gasteiger partial charge is 0.308 e. The van der Waals surface area contributed by atoms with Gasteiger partial charge in [0.2, 0.25) is 0 Å². The number of aromatic amines is 1. The van der Waals surface area contributed by atoms with Crippen LogP contribution in [0.1, 0.15) is 34.2 Å². The molecule has 0 saturated carbocycles. The molecule has 2 N–H and O–H groups in total. The average molecular weight is 496 g/mol. The Morgan fingerprint density at radius 3 is 2.56 bits per heavy atom. The van der Waals surface area contributed by atoms with Crippen LogP contribution in [0.5, 0.6) is 0 Å². The van der Waals surface area contributed by atoms with E-state index >= 15 is 0 Å². The van der Waals surface area contributed by atoms with E-state index in [0.717, 1.165) is 5.52 Å². The van der Waals surface area contributed by atoms with Gasteiger partial charge in [-0.15, -0.1) is 0 Å². The van der Waals surface area contributed by atoms with Gasteiger partial charge in [-0.25, -0.2) is 4.39 Å². The molecule has 0 radical (unpaired) electrons. The molecule has 4 rings (SSSR count). The van der Waals surface area contributed by atoms with E-state index in [1.165, 1.54) is 13.0 Å². The number of amides is 2. The van der Waals surface area contributed by atoms with Gasteiger partial charge in [-0.1, -0.05) is 18.2 Å². The van der Waals surface area contributed by atoms with Gasteiger partial charge in [0.1, 0.15) is 5.82 Å². The van der Waals surface area contributed by atoms with Crippen molar-refractivity contribution in [2.75, 3.05) is 44.2 Å². The second-order valence-electron chi connectivity index (χ2n) is 8.37. The molecular weight excluding hydrogens is 469 g/mol. The lowest BCUT2D eigenvalue weighted by Crippen LogP contribution is -2.50. The molecule has 1 fully saturated rings. The molecule has 1 aliphatic heterocycles. The van der Waals surface area contributed by atoms with Crippen molar-refractivity contribution in [1.29, 1.82) is 0 Å². The number of halogens is 1. The van der Waals surface area contributed by atoms with Crippen LogP contribution in [-0.4, -0.2) is 78.0 Å². The number of hydrogen-bond acceptors (Lipinski definition) is 7. The third kappa shape index (κ3) is 5.68. The molecule has 11 heteroatoms. The summed E-state index contributed by atoms with van der Waals surface area (Å²) in [5.41, 5.74) is 1.66. The molecule has 2 aromatic carbocycles. The number of carbonyl (C=O) groups excluding carboxylic acids is 4. The summed E-state index contributed by atoms with van der Waals surface area (Å²) in [6, 6.07) is 11.6. The summed E-state index contributed by atoms with van der Waals surface area (Å²) in [7, 11) is 0. The second kappa shape index (κ2) is 11.0. The van der Waals surface area contributed by atoms with E-state index in [-0.39, 0.29) is 30.3 Å². The zero-order chi connectivity index (χ0) is 25.7. The molecule has 2 amide bonds. The monoisotopic (exact) mass is 495 g/mol. The maximum Gasteiger partial charge on any atom is 0.308 e. The lowest BCUT2D eigenvalue weighted by molar-refractivity contribution is -0.152. The summed E-state index contributed by atoms with van der Waals surface area (Å²) < 4.78 is 19.5. The molecule has 0 atom stereocenters. The number of fused-ring (bicyclic) bond motifs is 1. The van der Waals surface area contributed by atoms with Crippen molar-refractivity contribution in [2.45, 2.75) is 13.3 Å². The summed E-state index contributed by atoms with van der Waals surface area (Å²) >= 11 is 0. The number of carbonyl (C=O) groups is 4. The van der Waals surface area contributed by atoms with Crippen LogP contribution in [0.3, 0.4) is 0 Å². The number of aromatic nitrogens is 2. The van der Waals surface area contributed by atoms with E-state index < -0.39 is 24.3 Å². The lowest BCUT2D eigenvalue weighted by Gasteiger charge is -2.36. The molecule has 1 saturated heterocycles. The Kier molecular flexibility index (Phi) is 7.57. The van der Waals surface area contributed by atoms with Crippen LogP contribution in [0.25, 0.3) is 10.9 Å². The standard InChI is InChI=1S/C25H26FN5O5/c1-16(32)17-6-7-21(19(26)14-17)30-10-12-31(13-11-30)22(33)15-36-23(34)8-9-27-25(35)24-18-4-2-3-5-20(18)28-29-24/h2-7,14H,8-13,15H2,1H3,(H,27,35)(H,28,29). The number of para-hydroxylation sites is 1. The van der Waals surface area contributed by atoms with Crippen LogP contribution >= 0.6 is 0 Å². The highest BCUT2D eigenvalue weighted by atomic mass is 19.1. The maximum atomic E-state index is 14.4. The number of nitrogens with one attached hydrogen (secondary N) is 2. The minimum Gasteiger partial charge on any atom is -0.456 e. The normalized spacial score (nSPS) is 13.5. The highest BCUT2D eigenvalue weighted by Gasteiger charge is 2.24. The summed E-state index contributed by atoms with van der Waals surface area (Å²) in [6.45, 7) is 2.52. The Labute approximate surface area is 206 Å². The minimum absolute atomic E-state index is 0.0414. The number of H-pyrrole nitrogens is 1. The molecule has 0 unspecified atom stereocenters. The van der Waals surface area contributed by atoms with Crippen LogP contribution in [0, 0.1) is 5.82 Å². The molecule has 10 nitrogen and oxygen atoms in total. The third-order valence-corrected chi connectivity index (χ3v) is 5.98. The fourth-order valence-electron chi connectivity index (χ4n) is 3.98. The Morgan fingerprint density at radius 1 is 1.08 bits per heavy atom. The molecular formula is C25H26FN5O5. The first-order valence-electron chi connectivity index (χ1n) is 11.5. The number of hydrogen-bond donors (Lipinski definition) is 2. The largest absolute Gasteiger partial charge is 0.456 e. The van der Waals surface area contributed by atoms with Crippen molar-refractivity contribution in [3.05, 3.63) is 59.5 Å². The van der Waals surface area contributed by atoms with Gasteiger partial charge in [0.05, 0.1) is 17.6 Å². The van der Waals surface area contributed by atoms with Gasteiger partial charge in [0, 0.05) is 43.7 Å². The Balaban J connectivity index is 1.17. The first-order chi connectivity index (χ1) is 17.3. The number of ether oxygens (including phenoxy) is 1. The van der Waals surface area contributed by atoms with Crippen molar-refractivity contribution in [3.8, 4) is 0 Å². The zero-order valence-corrected chi connectivity index (χ0v) is 19.8. The maximum absolute atomic E-state index is 14.4. The van der Waals surface area contributed by atoms with Crippen LogP contribution in [-0.2, 0) is 14.3 Å². The van der Waals surface area contributed by atoms with Gasteiger partial charge in [-0.05, 0) is 31.2 Å². The Morgan fingerprint density at radius 2 is 1.83 bits per heavy atom. The number of piperazine rings is 1. The summed E-state index contributed by atoms with van der Waals surface area (Å²) in [5, 5.41) is 10.1. The minimum atomic E-state index is -0.609. The zero-order valence-electron chi connectivity index (χ0n) is 19.8. The fraction of sp³-hybridized carbons (Fsp3) is 0.320. The van der Waals surface area contributed by atoms with Crippen LogP contribution in [0.15, 0.2) is 42.5 Å². The van der Waals surface area contributed by atoms with Crippen molar-refractivity contribution < 1.29 is 28.3 Å². The van der Waals surface area contributed by atoms with Crippen LogP contribution < -0.4 is 10.2 Å². The molecule has 36 heavy (non-hydrogen) atoms. The molecule has 3 aromatic rings. The first kappa shape index (κ1) is 24.8. The highest BCUT2D eigenvalue weighted by Crippen LogP contribution is 2.22. The van der Waals surface area contributed by atoms with E-state index in [2.05, 4.69) is 15.5 Å². The van der Waals surface area contributed by atoms with Crippen LogP contribution in [0.2, 0.25) is 0 Å². The number of Topliss-reactive ketones (excluding diaryl/α,β-unsaturated/α-hetero) is 1. The number of benzene rings is 2. The third-order valence-electron chi connectivity index (χ3n) is 5.98. The molecule has 2 heterocycles. The van der Waals surface area contributed by atoms with Gasteiger partial charge in [0.25, 0.3) is 11.8 Å². The van der Waals surface area contributed by atoms with E-state index in [4.69, 9.17) is 4.74 Å². The molecule has 188 valence electrons. The van der Waals surface area contributed by atoms with Gasteiger partial charge < -0.3 is 19.9 Å². The summed E-state index contributed by atoms with van der Waals surface area (Å²) in [4.78, 5) is 51.5. The molecule has 1 aliphatic rings. The van der Waals surface area contributed by atoms with Crippen LogP contribution in [0.4, 0.5) is 10.1 Å². The SMILES string of the molecule is CC(=O)c1ccc(N2CCN(C(=O)COC(=O)CCNC(=O)c3n[nH]c4ccccc34)CC2)c(F)c1. The van der Waals surface area contributed by atoms with Gasteiger partial charge >= 0.3 is 5.97 Å². The molecule has 0 aliphatic carbocycles. The van der Waals surface area contributed by atoms with Crippen molar-refractivity contribution in [2.24, 2.45) is 0 Å². The van der Waals surface area contributed by atoms with Gasteiger partial charge in [-0.2, -0.15) is 5.10 Å². The molecule has 0 bridgehead atoms. The van der Waals surface area contributed by atoms with Gasteiger partial charge in [0.15, 0.2) is 18.1 Å². The summed E-state index contributed by atoms with van der Waals surface area (Å²) in [6.07, 6.45) is -0.0926. The molecule has 1 aromatic heterocycles. The number of esters is 1. The Hall–Kier alpha value is -4.28. The van der Waals surface area contributed by atoms with E-state index in [9.17, 15) is 23.6 Å². The van der Waals surface area contributed by atoms with E-state index in [1.54, 1.807) is 40.1 Å². The predicted octanol–water partition coefficient (Wildman–Crippen LogP) is 1.92. The topological polar surface area (TPSA) is 125 Å². The number of ketones is 1. The Bertz CT molecular complexity index is 1300. The van der Waals surface area contributed by atoms with Crippen molar-refractivity contribution in [3.63, 3.8) is 0 Å². The van der Waals surface area contributed by atoms with Gasteiger partial charge in [-0.3, -0.25) is 24.3 Å².